The Morgan fingerprint density at radius 3 is 2.15 bits per heavy atom. The van der Waals surface area contributed by atoms with Gasteiger partial charge in [-0.05, 0) is 55.0 Å². The van der Waals surface area contributed by atoms with Crippen LogP contribution in [0, 0.1) is 6.92 Å². The van der Waals surface area contributed by atoms with E-state index in [4.69, 9.17) is 0 Å². The van der Waals surface area contributed by atoms with E-state index in [1.54, 1.807) is 13.3 Å². The van der Waals surface area contributed by atoms with Crippen molar-refractivity contribution in [1.82, 2.24) is 9.55 Å². The molecular weight excluding hydrogens is 330 g/mol. The number of para-hydroxylation sites is 1. The molecule has 3 heteroatoms. The van der Waals surface area contributed by atoms with Crippen molar-refractivity contribution >= 4 is 17.1 Å². The van der Waals surface area contributed by atoms with Crippen molar-refractivity contribution in [3.05, 3.63) is 90.9 Å². The van der Waals surface area contributed by atoms with Crippen molar-refractivity contribution in [2.45, 2.75) is 13.8 Å². The molecule has 0 amide bonds. The predicted molar refractivity (Wildman–Crippen MR) is 117 cm³/mol. The van der Waals surface area contributed by atoms with Crippen LogP contribution in [0.2, 0.25) is 0 Å². The summed E-state index contributed by atoms with van der Waals surface area (Å²) in [6.07, 6.45) is 7.77. The van der Waals surface area contributed by atoms with Gasteiger partial charge in [0.2, 0.25) is 0 Å². The molecule has 0 bridgehead atoms. The van der Waals surface area contributed by atoms with Gasteiger partial charge in [0, 0.05) is 38.1 Å². The fourth-order valence-corrected chi connectivity index (χ4v) is 2.54. The topological polar surface area (TPSA) is 30.2 Å². The molecule has 2 heterocycles. The summed E-state index contributed by atoms with van der Waals surface area (Å²) < 4.78 is 2.06. The van der Waals surface area contributed by atoms with Gasteiger partial charge in [-0.1, -0.05) is 48.5 Å². The average molecular weight is 358 g/mol. The quantitative estimate of drug-likeness (QED) is 0.388. The highest BCUT2D eigenvalue weighted by atomic mass is 14.9. The predicted octanol–water partition coefficient (Wildman–Crippen LogP) is 5.94. The lowest BCUT2D eigenvalue weighted by atomic mass is 10.1. The molecule has 0 aliphatic heterocycles. The number of fused-ring (bicyclic) bond motifs is 1. The molecule has 4 aromatic rings. The largest absolute Gasteiger partial charge is 0.357 e. The SMILES string of the molecule is CC=NC.Cc1ccnc2ccccc12.Cn1ccc(-c2ccccc2)c1. The number of hydrogen-bond acceptors (Lipinski definition) is 2. The molecule has 0 spiro atoms. The zero-order valence-corrected chi connectivity index (χ0v) is 16.5. The van der Waals surface area contributed by atoms with Gasteiger partial charge in [-0.15, -0.1) is 0 Å². The third-order valence-electron chi connectivity index (χ3n) is 4.06. The van der Waals surface area contributed by atoms with Gasteiger partial charge in [-0.3, -0.25) is 4.98 Å². The van der Waals surface area contributed by atoms with Crippen LogP contribution in [-0.2, 0) is 7.05 Å². The number of nitrogens with zero attached hydrogens (tertiary/aromatic N) is 3. The van der Waals surface area contributed by atoms with Crippen LogP contribution in [0.5, 0.6) is 0 Å². The van der Waals surface area contributed by atoms with Crippen molar-refractivity contribution in [1.29, 1.82) is 0 Å². The summed E-state index contributed by atoms with van der Waals surface area (Å²) in [6, 6.07) is 22.7. The fourth-order valence-electron chi connectivity index (χ4n) is 2.54. The molecular formula is C24H27N3. The number of rotatable bonds is 1. The molecule has 27 heavy (non-hydrogen) atoms. The fraction of sp³-hybridized carbons (Fsp3) is 0.167. The summed E-state index contributed by atoms with van der Waals surface area (Å²) in [5, 5.41) is 1.25. The second-order valence-corrected chi connectivity index (χ2v) is 6.09. The van der Waals surface area contributed by atoms with Gasteiger partial charge < -0.3 is 9.56 Å². The summed E-state index contributed by atoms with van der Waals surface area (Å²) in [4.78, 5) is 7.85. The number of benzene rings is 2. The van der Waals surface area contributed by atoms with E-state index in [-0.39, 0.29) is 0 Å². The molecule has 0 unspecified atom stereocenters. The Bertz CT molecular complexity index is 960. The van der Waals surface area contributed by atoms with Crippen molar-refractivity contribution < 1.29 is 0 Å². The second kappa shape index (κ2) is 10.7. The number of pyridine rings is 1. The standard InChI is InChI=1S/C11H11N.C10H9N.C3H7N/c1-12-8-7-11(9-12)10-5-3-2-4-6-10;1-8-6-7-11-10-5-3-2-4-9(8)10;1-3-4-2/h2-9H,1H3;2-7H,1H3;3H,1-2H3. The summed E-state index contributed by atoms with van der Waals surface area (Å²) in [5.41, 5.74) is 4.92. The number of aromatic nitrogens is 2. The molecule has 3 nitrogen and oxygen atoms in total. The van der Waals surface area contributed by atoms with Gasteiger partial charge >= 0.3 is 0 Å². The van der Waals surface area contributed by atoms with Crippen LogP contribution < -0.4 is 0 Å². The van der Waals surface area contributed by atoms with Crippen LogP contribution in [0.25, 0.3) is 22.0 Å². The van der Waals surface area contributed by atoms with Crippen molar-refractivity contribution in [2.24, 2.45) is 12.0 Å². The first-order valence-corrected chi connectivity index (χ1v) is 9.00. The molecule has 0 radical (unpaired) electrons. The average Bonchev–Trinajstić information content (AvgIpc) is 3.16. The van der Waals surface area contributed by atoms with E-state index in [2.05, 4.69) is 70.3 Å². The van der Waals surface area contributed by atoms with Crippen LogP contribution >= 0.6 is 0 Å². The number of aryl methyl sites for hydroxylation is 2. The van der Waals surface area contributed by atoms with Gasteiger partial charge in [0.15, 0.2) is 0 Å². The summed E-state index contributed by atoms with van der Waals surface area (Å²) in [6.45, 7) is 3.99. The Morgan fingerprint density at radius 2 is 1.56 bits per heavy atom. The third-order valence-corrected chi connectivity index (χ3v) is 4.06. The van der Waals surface area contributed by atoms with Crippen LogP contribution in [0.4, 0.5) is 0 Å². The lowest BCUT2D eigenvalue weighted by molar-refractivity contribution is 0.928. The Balaban J connectivity index is 0.000000163. The highest BCUT2D eigenvalue weighted by molar-refractivity contribution is 5.81. The van der Waals surface area contributed by atoms with E-state index >= 15 is 0 Å². The van der Waals surface area contributed by atoms with Gasteiger partial charge in [0.1, 0.15) is 0 Å². The molecule has 0 N–H and O–H groups in total. The van der Waals surface area contributed by atoms with Gasteiger partial charge in [0.25, 0.3) is 0 Å². The zero-order valence-electron chi connectivity index (χ0n) is 16.5. The maximum Gasteiger partial charge on any atom is 0.0704 e. The van der Waals surface area contributed by atoms with Crippen molar-refractivity contribution in [3.8, 4) is 11.1 Å². The first kappa shape index (κ1) is 20.1. The Hall–Kier alpha value is -3.20. The minimum atomic E-state index is 1.08. The maximum absolute atomic E-state index is 4.24. The second-order valence-electron chi connectivity index (χ2n) is 6.09. The monoisotopic (exact) mass is 357 g/mol. The minimum absolute atomic E-state index is 1.08. The number of hydrogen-bond donors (Lipinski definition) is 0. The Kier molecular flexibility index (Phi) is 7.98. The smallest absolute Gasteiger partial charge is 0.0704 e. The summed E-state index contributed by atoms with van der Waals surface area (Å²) in [5.74, 6) is 0. The lowest BCUT2D eigenvalue weighted by Crippen LogP contribution is -1.79. The molecule has 4 rings (SSSR count). The molecule has 0 aliphatic rings. The van der Waals surface area contributed by atoms with E-state index < -0.39 is 0 Å². The first-order chi connectivity index (χ1) is 13.2. The molecule has 2 aromatic heterocycles. The van der Waals surface area contributed by atoms with Crippen molar-refractivity contribution in [2.75, 3.05) is 7.05 Å². The van der Waals surface area contributed by atoms with Gasteiger partial charge in [0.05, 0.1) is 5.52 Å². The van der Waals surface area contributed by atoms with Crippen LogP contribution in [0.3, 0.4) is 0 Å². The van der Waals surface area contributed by atoms with Crippen molar-refractivity contribution in [3.63, 3.8) is 0 Å². The maximum atomic E-state index is 4.24. The van der Waals surface area contributed by atoms with Crippen LogP contribution in [-0.4, -0.2) is 22.8 Å². The van der Waals surface area contributed by atoms with E-state index in [1.807, 2.05) is 50.5 Å². The zero-order chi connectivity index (χ0) is 19.5. The summed E-state index contributed by atoms with van der Waals surface area (Å²) >= 11 is 0. The molecule has 0 aliphatic carbocycles. The van der Waals surface area contributed by atoms with Gasteiger partial charge in [-0.25, -0.2) is 0 Å². The molecule has 0 saturated heterocycles. The van der Waals surface area contributed by atoms with Crippen LogP contribution in [0.15, 0.2) is 90.3 Å². The van der Waals surface area contributed by atoms with E-state index in [0.29, 0.717) is 0 Å². The highest BCUT2D eigenvalue weighted by Crippen LogP contribution is 2.18. The molecule has 0 fully saturated rings. The number of aliphatic imine (C=N–C) groups is 1. The molecule has 0 saturated carbocycles. The Morgan fingerprint density at radius 1 is 0.889 bits per heavy atom. The molecule has 2 aromatic carbocycles. The highest BCUT2D eigenvalue weighted by Gasteiger charge is 1.95. The normalized spacial score (nSPS) is 10.1. The summed E-state index contributed by atoms with van der Waals surface area (Å²) in [7, 11) is 3.78. The lowest BCUT2D eigenvalue weighted by Gasteiger charge is -1.97. The first-order valence-electron chi connectivity index (χ1n) is 9.00. The van der Waals surface area contributed by atoms with E-state index in [9.17, 15) is 0 Å². The van der Waals surface area contributed by atoms with E-state index in [0.717, 1.165) is 5.52 Å². The van der Waals surface area contributed by atoms with E-state index in [1.165, 1.54) is 22.1 Å². The Labute approximate surface area is 162 Å². The van der Waals surface area contributed by atoms with Crippen LogP contribution in [0.1, 0.15) is 12.5 Å². The molecule has 138 valence electrons. The van der Waals surface area contributed by atoms with Gasteiger partial charge in [-0.2, -0.15) is 0 Å². The third kappa shape index (κ3) is 6.23. The minimum Gasteiger partial charge on any atom is -0.357 e. The molecule has 0 atom stereocenters.